The Bertz CT molecular complexity index is 1300. The zero-order valence-electron chi connectivity index (χ0n) is 24.4. The number of hydrogen-bond acceptors (Lipinski definition) is 5. The third-order valence-corrected chi connectivity index (χ3v) is 7.69. The quantitative estimate of drug-likeness (QED) is 0.333. The number of nitrogens with zero attached hydrogens (tertiary/aromatic N) is 3. The first kappa shape index (κ1) is 28.5. The number of urea groups is 1. The lowest BCUT2D eigenvalue weighted by molar-refractivity contribution is 0.0152. The van der Waals surface area contributed by atoms with Crippen molar-refractivity contribution in [3.63, 3.8) is 0 Å². The van der Waals surface area contributed by atoms with E-state index in [2.05, 4.69) is 37.6 Å². The van der Waals surface area contributed by atoms with Gasteiger partial charge in [0, 0.05) is 30.2 Å². The number of H-pyrrole nitrogens is 1. The second-order valence-corrected chi connectivity index (χ2v) is 12.2. The first-order valence-corrected chi connectivity index (χ1v) is 14.7. The summed E-state index contributed by atoms with van der Waals surface area (Å²) in [6, 6.07) is 16.1. The van der Waals surface area contributed by atoms with Gasteiger partial charge in [-0.2, -0.15) is 0 Å². The van der Waals surface area contributed by atoms with Crippen LogP contribution in [-0.4, -0.2) is 51.2 Å². The molecule has 1 aliphatic carbocycles. The molecule has 1 aliphatic heterocycles. The third-order valence-electron chi connectivity index (χ3n) is 7.69. The number of fused-ring (bicyclic) bond motifs is 1. The molecule has 2 heterocycles. The number of carbonyl (C=O) groups is 2. The van der Waals surface area contributed by atoms with Crippen molar-refractivity contribution in [3.05, 3.63) is 77.9 Å². The van der Waals surface area contributed by atoms with Crippen molar-refractivity contribution in [1.29, 1.82) is 0 Å². The Kier molecular flexibility index (Phi) is 8.81. The molecule has 218 valence electrons. The Morgan fingerprint density at radius 2 is 1.85 bits per heavy atom. The molecule has 5 rings (SSSR count). The first-order valence-electron chi connectivity index (χ1n) is 14.7. The van der Waals surface area contributed by atoms with Crippen LogP contribution in [0.15, 0.2) is 61.1 Å². The van der Waals surface area contributed by atoms with Crippen molar-refractivity contribution < 1.29 is 14.3 Å². The minimum Gasteiger partial charge on any atom is -0.444 e. The van der Waals surface area contributed by atoms with Gasteiger partial charge in [-0.1, -0.05) is 55.7 Å². The molecule has 1 unspecified atom stereocenters. The molecule has 1 saturated carbocycles. The fourth-order valence-corrected chi connectivity index (χ4v) is 5.75. The summed E-state index contributed by atoms with van der Waals surface area (Å²) >= 11 is 0. The molecule has 41 heavy (non-hydrogen) atoms. The Morgan fingerprint density at radius 3 is 2.56 bits per heavy atom. The Labute approximate surface area is 242 Å². The lowest BCUT2D eigenvalue weighted by atomic mass is 9.96. The predicted molar refractivity (Wildman–Crippen MR) is 161 cm³/mol. The molecule has 0 saturated heterocycles. The van der Waals surface area contributed by atoms with Crippen LogP contribution < -0.4 is 15.5 Å². The van der Waals surface area contributed by atoms with Crippen molar-refractivity contribution in [2.45, 2.75) is 90.1 Å². The zero-order valence-corrected chi connectivity index (χ0v) is 24.4. The van der Waals surface area contributed by atoms with Gasteiger partial charge in [0.25, 0.3) is 0 Å². The number of amides is 3. The number of imidazole rings is 1. The number of aromatic amines is 1. The topological polar surface area (TPSA) is 103 Å². The molecule has 1 aromatic heterocycles. The van der Waals surface area contributed by atoms with Gasteiger partial charge in [-0.25, -0.2) is 14.6 Å². The Morgan fingerprint density at radius 1 is 1.07 bits per heavy atom. The standard InChI is InChI=1S/C32H42N6O3/c1-32(2,3)41-31(40)38-19-24-14-15-26(36-30(39)35-25-12-8-5-9-13-25)17-29(24)37(20-27-18-33-22-34-27)21-28(38)16-23-10-6-4-7-11-23/h4,6-7,10-11,14-15,17-18,22,25,28H,5,8-9,12-13,16,19-21H2,1-3H3,(H,33,34)(H2,35,36,39). The van der Waals surface area contributed by atoms with E-state index in [1.165, 1.54) is 6.42 Å². The maximum atomic E-state index is 13.6. The van der Waals surface area contributed by atoms with Gasteiger partial charge in [-0.3, -0.25) is 4.90 Å². The molecule has 2 aromatic carbocycles. The minimum atomic E-state index is -0.613. The number of anilines is 2. The average Bonchev–Trinajstić information content (AvgIpc) is 3.39. The molecule has 0 bridgehead atoms. The minimum absolute atomic E-state index is 0.149. The second-order valence-electron chi connectivity index (χ2n) is 12.2. The van der Waals surface area contributed by atoms with E-state index < -0.39 is 5.60 Å². The summed E-state index contributed by atoms with van der Waals surface area (Å²) in [5.41, 5.74) is 4.10. The highest BCUT2D eigenvalue weighted by Crippen LogP contribution is 2.33. The number of rotatable bonds is 6. The molecule has 1 fully saturated rings. The van der Waals surface area contributed by atoms with E-state index in [4.69, 9.17) is 4.74 Å². The Hall–Kier alpha value is -4.01. The van der Waals surface area contributed by atoms with E-state index in [9.17, 15) is 9.59 Å². The van der Waals surface area contributed by atoms with Gasteiger partial charge < -0.3 is 25.3 Å². The van der Waals surface area contributed by atoms with Gasteiger partial charge >= 0.3 is 12.1 Å². The van der Waals surface area contributed by atoms with Crippen LogP contribution in [0.2, 0.25) is 0 Å². The summed E-state index contributed by atoms with van der Waals surface area (Å²) in [4.78, 5) is 38.1. The van der Waals surface area contributed by atoms with Gasteiger partial charge in [0.05, 0.1) is 31.2 Å². The molecule has 1 atom stereocenters. The fraction of sp³-hybridized carbons (Fsp3) is 0.469. The zero-order chi connectivity index (χ0) is 28.8. The highest BCUT2D eigenvalue weighted by atomic mass is 16.6. The number of benzene rings is 2. The van der Waals surface area contributed by atoms with Crippen molar-refractivity contribution in [2.24, 2.45) is 0 Å². The Balaban J connectivity index is 1.45. The number of nitrogens with one attached hydrogen (secondary N) is 3. The lowest BCUT2D eigenvalue weighted by Crippen LogP contribution is -2.47. The third kappa shape index (κ3) is 7.80. The van der Waals surface area contributed by atoms with Gasteiger partial charge in [0.15, 0.2) is 0 Å². The van der Waals surface area contributed by atoms with Crippen LogP contribution >= 0.6 is 0 Å². The normalized spacial score (nSPS) is 17.9. The fourth-order valence-electron chi connectivity index (χ4n) is 5.75. The summed E-state index contributed by atoms with van der Waals surface area (Å²) in [5, 5.41) is 6.19. The van der Waals surface area contributed by atoms with E-state index >= 15 is 0 Å². The van der Waals surface area contributed by atoms with E-state index in [0.29, 0.717) is 26.1 Å². The van der Waals surface area contributed by atoms with E-state index in [-0.39, 0.29) is 24.2 Å². The summed E-state index contributed by atoms with van der Waals surface area (Å²) in [5.74, 6) is 0. The van der Waals surface area contributed by atoms with Gasteiger partial charge in [0.1, 0.15) is 5.60 Å². The van der Waals surface area contributed by atoms with Crippen molar-refractivity contribution >= 4 is 23.5 Å². The number of ether oxygens (including phenoxy) is 1. The maximum absolute atomic E-state index is 13.6. The monoisotopic (exact) mass is 558 g/mol. The average molecular weight is 559 g/mol. The van der Waals surface area contributed by atoms with Crippen LogP contribution in [0.3, 0.4) is 0 Å². The highest BCUT2D eigenvalue weighted by Gasteiger charge is 2.34. The molecular weight excluding hydrogens is 516 g/mol. The smallest absolute Gasteiger partial charge is 0.410 e. The van der Waals surface area contributed by atoms with Gasteiger partial charge in [-0.15, -0.1) is 0 Å². The van der Waals surface area contributed by atoms with E-state index in [1.807, 2.05) is 68.3 Å². The van der Waals surface area contributed by atoms with Crippen LogP contribution in [0.25, 0.3) is 0 Å². The molecule has 0 spiro atoms. The summed E-state index contributed by atoms with van der Waals surface area (Å²) < 4.78 is 5.89. The molecule has 3 amide bonds. The molecule has 2 aliphatic rings. The van der Waals surface area contributed by atoms with Gasteiger partial charge in [0.2, 0.25) is 0 Å². The van der Waals surface area contributed by atoms with E-state index in [0.717, 1.165) is 53.9 Å². The van der Waals surface area contributed by atoms with E-state index in [1.54, 1.807) is 6.33 Å². The number of hydrogen-bond donors (Lipinski definition) is 3. The van der Waals surface area contributed by atoms with Crippen molar-refractivity contribution in [2.75, 3.05) is 16.8 Å². The molecule has 3 N–H and O–H groups in total. The maximum Gasteiger partial charge on any atom is 0.410 e. The van der Waals surface area contributed by atoms with Crippen LogP contribution in [0, 0.1) is 0 Å². The molecule has 3 aromatic rings. The SMILES string of the molecule is CC(C)(C)OC(=O)N1Cc2ccc(NC(=O)NC3CCCCC3)cc2N(Cc2c[nH]cn2)CC1Cc1ccccc1. The summed E-state index contributed by atoms with van der Waals surface area (Å²) in [6.45, 7) is 7.20. The highest BCUT2D eigenvalue weighted by molar-refractivity contribution is 5.90. The summed E-state index contributed by atoms with van der Waals surface area (Å²) in [6.07, 6.45) is 9.52. The van der Waals surface area contributed by atoms with Crippen LogP contribution in [0.4, 0.5) is 21.0 Å². The van der Waals surface area contributed by atoms with Crippen molar-refractivity contribution in [1.82, 2.24) is 20.2 Å². The second kappa shape index (κ2) is 12.7. The largest absolute Gasteiger partial charge is 0.444 e. The lowest BCUT2D eigenvalue weighted by Gasteiger charge is -2.34. The molecule has 0 radical (unpaired) electrons. The van der Waals surface area contributed by atoms with Crippen LogP contribution in [-0.2, 0) is 24.2 Å². The number of carbonyl (C=O) groups excluding carboxylic acids is 2. The number of aromatic nitrogens is 2. The molecule has 9 heteroatoms. The van der Waals surface area contributed by atoms with Crippen molar-refractivity contribution in [3.8, 4) is 0 Å². The van der Waals surface area contributed by atoms with Crippen LogP contribution in [0.1, 0.15) is 69.7 Å². The molecule has 9 nitrogen and oxygen atoms in total. The molecular formula is C32H42N6O3. The van der Waals surface area contributed by atoms with Crippen LogP contribution in [0.5, 0.6) is 0 Å². The summed E-state index contributed by atoms with van der Waals surface area (Å²) in [7, 11) is 0. The van der Waals surface area contributed by atoms with Gasteiger partial charge in [-0.05, 0) is 63.3 Å². The first-order chi connectivity index (χ1) is 19.7. The predicted octanol–water partition coefficient (Wildman–Crippen LogP) is 6.23.